The number of benzene rings is 1. The van der Waals surface area contributed by atoms with E-state index in [0.29, 0.717) is 6.07 Å². The number of hydrogen-bond acceptors (Lipinski definition) is 5. The van der Waals surface area contributed by atoms with E-state index in [4.69, 9.17) is 9.47 Å². The molecule has 0 spiro atoms. The number of nitrogens with zero attached hydrogens (tertiary/aromatic N) is 4. The standard InChI is InChI=1S/C17H12F6N4O2/c1-2-28-14-9-12(17(21,22)23)26-27(14)15-24-7-6-13(25-15)29-11-5-3-4-10(8-11)16(18,19)20/h3-9H,2H2,1H3. The van der Waals surface area contributed by atoms with Gasteiger partial charge in [0.25, 0.3) is 5.95 Å². The summed E-state index contributed by atoms with van der Waals surface area (Å²) in [6, 6.07) is 5.98. The van der Waals surface area contributed by atoms with Crippen LogP contribution in [0.2, 0.25) is 0 Å². The normalized spacial score (nSPS) is 12.1. The summed E-state index contributed by atoms with van der Waals surface area (Å²) in [7, 11) is 0. The Bertz CT molecular complexity index is 1000. The van der Waals surface area contributed by atoms with E-state index in [1.165, 1.54) is 12.1 Å². The number of ether oxygens (including phenoxy) is 2. The van der Waals surface area contributed by atoms with Crippen molar-refractivity contribution in [1.82, 2.24) is 19.7 Å². The van der Waals surface area contributed by atoms with Crippen LogP contribution in [0.3, 0.4) is 0 Å². The van der Waals surface area contributed by atoms with E-state index in [2.05, 4.69) is 15.1 Å². The van der Waals surface area contributed by atoms with Crippen molar-refractivity contribution in [3.05, 3.63) is 53.9 Å². The molecule has 6 nitrogen and oxygen atoms in total. The molecule has 0 aliphatic heterocycles. The van der Waals surface area contributed by atoms with E-state index in [1.807, 2.05) is 0 Å². The second kappa shape index (κ2) is 7.60. The fourth-order valence-electron chi connectivity index (χ4n) is 2.24. The lowest BCUT2D eigenvalue weighted by Crippen LogP contribution is -2.10. The fourth-order valence-corrected chi connectivity index (χ4v) is 2.24. The smallest absolute Gasteiger partial charge is 0.435 e. The molecule has 29 heavy (non-hydrogen) atoms. The summed E-state index contributed by atoms with van der Waals surface area (Å²) in [6.45, 7) is 1.63. The molecule has 0 atom stereocenters. The third-order valence-corrected chi connectivity index (χ3v) is 3.45. The van der Waals surface area contributed by atoms with E-state index >= 15 is 0 Å². The second-order valence-electron chi connectivity index (χ2n) is 5.53. The molecule has 0 amide bonds. The first kappa shape index (κ1) is 20.4. The van der Waals surface area contributed by atoms with Crippen molar-refractivity contribution in [2.75, 3.05) is 6.61 Å². The van der Waals surface area contributed by atoms with Crippen LogP contribution in [0.4, 0.5) is 26.3 Å². The predicted octanol–water partition coefficient (Wildman–Crippen LogP) is 4.89. The minimum Gasteiger partial charge on any atom is -0.478 e. The Morgan fingerprint density at radius 1 is 1.00 bits per heavy atom. The molecule has 0 aliphatic carbocycles. The number of rotatable bonds is 5. The Balaban J connectivity index is 1.94. The largest absolute Gasteiger partial charge is 0.478 e. The van der Waals surface area contributed by atoms with Gasteiger partial charge in [-0.1, -0.05) is 6.07 Å². The van der Waals surface area contributed by atoms with Crippen LogP contribution in [0, 0.1) is 0 Å². The Morgan fingerprint density at radius 2 is 1.76 bits per heavy atom. The van der Waals surface area contributed by atoms with Crippen LogP contribution in [0.1, 0.15) is 18.2 Å². The average molecular weight is 418 g/mol. The first-order valence-corrected chi connectivity index (χ1v) is 8.06. The van der Waals surface area contributed by atoms with Crippen molar-refractivity contribution in [3.8, 4) is 23.5 Å². The molecule has 0 saturated carbocycles. The Kier molecular flexibility index (Phi) is 5.36. The van der Waals surface area contributed by atoms with Crippen LogP contribution in [-0.4, -0.2) is 26.4 Å². The topological polar surface area (TPSA) is 62.1 Å². The lowest BCUT2D eigenvalue weighted by Gasteiger charge is -2.10. The highest BCUT2D eigenvalue weighted by molar-refractivity contribution is 5.34. The van der Waals surface area contributed by atoms with Crippen molar-refractivity contribution in [3.63, 3.8) is 0 Å². The van der Waals surface area contributed by atoms with Gasteiger partial charge in [0.1, 0.15) is 5.75 Å². The molecule has 12 heteroatoms. The maximum absolute atomic E-state index is 12.9. The minimum atomic E-state index is -4.72. The summed E-state index contributed by atoms with van der Waals surface area (Å²) in [5, 5.41) is 3.40. The molecular weight excluding hydrogens is 406 g/mol. The molecule has 2 heterocycles. The molecule has 154 valence electrons. The van der Waals surface area contributed by atoms with Gasteiger partial charge in [0.05, 0.1) is 12.2 Å². The minimum absolute atomic E-state index is 0.0589. The van der Waals surface area contributed by atoms with Gasteiger partial charge in [-0.25, -0.2) is 4.98 Å². The number of hydrogen-bond donors (Lipinski definition) is 0. The van der Waals surface area contributed by atoms with Crippen LogP contribution < -0.4 is 9.47 Å². The molecule has 0 N–H and O–H groups in total. The zero-order valence-electron chi connectivity index (χ0n) is 14.6. The van der Waals surface area contributed by atoms with E-state index in [1.54, 1.807) is 6.92 Å². The summed E-state index contributed by atoms with van der Waals surface area (Å²) < 4.78 is 88.4. The van der Waals surface area contributed by atoms with Crippen LogP contribution in [0.5, 0.6) is 17.5 Å². The summed E-state index contributed by atoms with van der Waals surface area (Å²) in [5.74, 6) is -0.920. The van der Waals surface area contributed by atoms with Gasteiger partial charge >= 0.3 is 12.4 Å². The first-order chi connectivity index (χ1) is 13.6. The molecule has 2 aromatic heterocycles. The van der Waals surface area contributed by atoms with Gasteiger partial charge in [0, 0.05) is 18.3 Å². The van der Waals surface area contributed by atoms with Crippen molar-refractivity contribution < 1.29 is 35.8 Å². The highest BCUT2D eigenvalue weighted by Gasteiger charge is 2.36. The van der Waals surface area contributed by atoms with Crippen molar-refractivity contribution in [1.29, 1.82) is 0 Å². The van der Waals surface area contributed by atoms with Gasteiger partial charge in [-0.05, 0) is 25.1 Å². The maximum Gasteiger partial charge on any atom is 0.435 e. The zero-order valence-corrected chi connectivity index (χ0v) is 14.6. The van der Waals surface area contributed by atoms with E-state index < -0.39 is 23.6 Å². The lowest BCUT2D eigenvalue weighted by molar-refractivity contribution is -0.141. The summed E-state index contributed by atoms with van der Waals surface area (Å²) in [5.41, 5.74) is -2.14. The quantitative estimate of drug-likeness (QED) is 0.552. The molecule has 0 aliphatic rings. The Labute approximate surface area is 159 Å². The maximum atomic E-state index is 12.9. The van der Waals surface area contributed by atoms with E-state index in [-0.39, 0.29) is 30.1 Å². The third kappa shape index (κ3) is 4.76. The second-order valence-corrected chi connectivity index (χ2v) is 5.53. The summed E-state index contributed by atoms with van der Waals surface area (Å²) in [4.78, 5) is 7.74. The molecule has 3 aromatic rings. The molecular formula is C17H12F6N4O2. The number of halogens is 6. The van der Waals surface area contributed by atoms with Gasteiger partial charge in [0.2, 0.25) is 11.8 Å². The van der Waals surface area contributed by atoms with Crippen molar-refractivity contribution in [2.45, 2.75) is 19.3 Å². The third-order valence-electron chi connectivity index (χ3n) is 3.45. The van der Waals surface area contributed by atoms with Crippen LogP contribution in [-0.2, 0) is 12.4 Å². The van der Waals surface area contributed by atoms with E-state index in [9.17, 15) is 26.3 Å². The van der Waals surface area contributed by atoms with Crippen molar-refractivity contribution in [2.24, 2.45) is 0 Å². The zero-order chi connectivity index (χ0) is 21.2. The molecule has 0 unspecified atom stereocenters. The van der Waals surface area contributed by atoms with Crippen LogP contribution >= 0.6 is 0 Å². The molecule has 1 aromatic carbocycles. The highest BCUT2D eigenvalue weighted by atomic mass is 19.4. The molecule has 0 saturated heterocycles. The van der Waals surface area contributed by atoms with Gasteiger partial charge < -0.3 is 9.47 Å². The van der Waals surface area contributed by atoms with Gasteiger partial charge in [0.15, 0.2) is 5.69 Å². The Morgan fingerprint density at radius 3 is 2.41 bits per heavy atom. The van der Waals surface area contributed by atoms with Crippen LogP contribution in [0.15, 0.2) is 42.6 Å². The van der Waals surface area contributed by atoms with Crippen molar-refractivity contribution >= 4 is 0 Å². The van der Waals surface area contributed by atoms with Crippen LogP contribution in [0.25, 0.3) is 5.95 Å². The van der Waals surface area contributed by atoms with Gasteiger partial charge in [-0.15, -0.1) is 0 Å². The molecule has 0 bridgehead atoms. The first-order valence-electron chi connectivity index (χ1n) is 8.06. The summed E-state index contributed by atoms with van der Waals surface area (Å²) in [6.07, 6.45) is -8.12. The van der Waals surface area contributed by atoms with E-state index in [0.717, 1.165) is 29.1 Å². The molecule has 0 radical (unpaired) electrons. The highest BCUT2D eigenvalue weighted by Crippen LogP contribution is 2.33. The monoisotopic (exact) mass is 418 g/mol. The SMILES string of the molecule is CCOc1cc(C(F)(F)F)nn1-c1nccc(Oc2cccc(C(F)(F)F)c2)n1. The lowest BCUT2D eigenvalue weighted by atomic mass is 10.2. The van der Waals surface area contributed by atoms with Gasteiger partial charge in [-0.2, -0.15) is 41.1 Å². The van der Waals surface area contributed by atoms with Gasteiger partial charge in [-0.3, -0.25) is 0 Å². The number of aromatic nitrogens is 4. The molecule has 0 fully saturated rings. The Hall–Kier alpha value is -3.31. The summed E-state index contributed by atoms with van der Waals surface area (Å²) >= 11 is 0. The number of alkyl halides is 6. The average Bonchev–Trinajstić information content (AvgIpc) is 3.06. The predicted molar refractivity (Wildman–Crippen MR) is 86.8 cm³/mol. The molecule has 3 rings (SSSR count). The fraction of sp³-hybridized carbons (Fsp3) is 0.235.